The summed E-state index contributed by atoms with van der Waals surface area (Å²) >= 11 is 0. The normalized spacial score (nSPS) is 16.0. The third kappa shape index (κ3) is 2.77. The van der Waals surface area contributed by atoms with E-state index >= 15 is 0 Å². The van der Waals surface area contributed by atoms with Crippen LogP contribution in [0, 0.1) is 5.92 Å². The second kappa shape index (κ2) is 5.95. The van der Waals surface area contributed by atoms with E-state index in [4.69, 9.17) is 9.97 Å². The van der Waals surface area contributed by atoms with Crippen LogP contribution in [0.15, 0.2) is 48.8 Å². The van der Waals surface area contributed by atoms with E-state index in [1.807, 2.05) is 36.5 Å². The molecule has 2 heterocycles. The van der Waals surface area contributed by atoms with Gasteiger partial charge in [0, 0.05) is 29.4 Å². The summed E-state index contributed by atoms with van der Waals surface area (Å²) in [5.41, 5.74) is 1.90. The summed E-state index contributed by atoms with van der Waals surface area (Å²) < 4.78 is 0. The highest BCUT2D eigenvalue weighted by atomic mass is 15.1. The van der Waals surface area contributed by atoms with Crippen LogP contribution in [0.1, 0.15) is 26.2 Å². The summed E-state index contributed by atoms with van der Waals surface area (Å²) in [5, 5.41) is 4.70. The minimum Gasteiger partial charge on any atom is -0.367 e. The molecule has 0 aliphatic heterocycles. The number of nitrogens with one attached hydrogen (secondary N) is 1. The van der Waals surface area contributed by atoms with Crippen LogP contribution in [0.4, 0.5) is 5.82 Å². The van der Waals surface area contributed by atoms with Gasteiger partial charge in [-0.3, -0.25) is 4.98 Å². The lowest BCUT2D eigenvalue weighted by Gasteiger charge is -2.32. The lowest BCUT2D eigenvalue weighted by Crippen LogP contribution is -2.31. The second-order valence-electron chi connectivity index (χ2n) is 6.28. The van der Waals surface area contributed by atoms with Crippen LogP contribution in [-0.4, -0.2) is 21.0 Å². The van der Waals surface area contributed by atoms with Gasteiger partial charge in [0.05, 0.1) is 5.52 Å². The Bertz CT molecular complexity index is 812. The average Bonchev–Trinajstić information content (AvgIpc) is 2.54. The molecular formula is C19H20N4. The SMILES string of the molecule is CC(Nc1nc(-c2cccnc2)nc2ccccc12)C1CCC1. The molecule has 23 heavy (non-hydrogen) atoms. The molecule has 1 atom stereocenters. The molecule has 2 aromatic heterocycles. The first-order valence-electron chi connectivity index (χ1n) is 8.25. The summed E-state index contributed by atoms with van der Waals surface area (Å²) in [5.74, 6) is 2.40. The molecule has 0 radical (unpaired) electrons. The molecule has 116 valence electrons. The van der Waals surface area contributed by atoms with Crippen molar-refractivity contribution < 1.29 is 0 Å². The predicted octanol–water partition coefficient (Wildman–Crippen LogP) is 4.29. The van der Waals surface area contributed by atoms with Crippen molar-refractivity contribution in [2.45, 2.75) is 32.2 Å². The Kier molecular flexibility index (Phi) is 3.66. The summed E-state index contributed by atoms with van der Waals surface area (Å²) in [7, 11) is 0. The lowest BCUT2D eigenvalue weighted by molar-refractivity contribution is 0.285. The Morgan fingerprint density at radius 3 is 2.70 bits per heavy atom. The zero-order valence-electron chi connectivity index (χ0n) is 13.2. The fourth-order valence-electron chi connectivity index (χ4n) is 3.08. The molecule has 3 aromatic rings. The molecule has 4 rings (SSSR count). The van der Waals surface area contributed by atoms with Crippen molar-refractivity contribution in [2.75, 3.05) is 5.32 Å². The van der Waals surface area contributed by atoms with Gasteiger partial charge in [0.2, 0.25) is 0 Å². The van der Waals surface area contributed by atoms with Crippen LogP contribution >= 0.6 is 0 Å². The first-order valence-corrected chi connectivity index (χ1v) is 8.25. The summed E-state index contributed by atoms with van der Waals surface area (Å²) in [6.07, 6.45) is 7.55. The van der Waals surface area contributed by atoms with Crippen molar-refractivity contribution in [3.05, 3.63) is 48.8 Å². The number of benzene rings is 1. The van der Waals surface area contributed by atoms with Crippen LogP contribution in [0.3, 0.4) is 0 Å². The quantitative estimate of drug-likeness (QED) is 0.781. The van der Waals surface area contributed by atoms with Gasteiger partial charge in [-0.1, -0.05) is 18.6 Å². The standard InChI is InChI=1S/C19H20N4/c1-13(14-6-4-7-14)21-19-16-9-2-3-10-17(16)22-18(23-19)15-8-5-11-20-12-15/h2-3,5,8-14H,4,6-7H2,1H3,(H,21,22,23). The Hall–Kier alpha value is -2.49. The lowest BCUT2D eigenvalue weighted by atomic mass is 9.80. The minimum atomic E-state index is 0.434. The number of aromatic nitrogens is 3. The molecule has 1 saturated carbocycles. The molecule has 1 unspecified atom stereocenters. The first kappa shape index (κ1) is 14.1. The molecule has 1 N–H and O–H groups in total. The van der Waals surface area contributed by atoms with E-state index in [-0.39, 0.29) is 0 Å². The number of para-hydroxylation sites is 1. The number of pyridine rings is 1. The molecule has 0 spiro atoms. The van der Waals surface area contributed by atoms with Gasteiger partial charge in [0.25, 0.3) is 0 Å². The Labute approximate surface area is 136 Å². The van der Waals surface area contributed by atoms with E-state index in [2.05, 4.69) is 23.3 Å². The van der Waals surface area contributed by atoms with Gasteiger partial charge in [-0.05, 0) is 49.9 Å². The van der Waals surface area contributed by atoms with E-state index in [9.17, 15) is 0 Å². The Morgan fingerprint density at radius 1 is 1.09 bits per heavy atom. The number of anilines is 1. The molecule has 0 amide bonds. The van der Waals surface area contributed by atoms with Gasteiger partial charge in [0.1, 0.15) is 5.82 Å². The van der Waals surface area contributed by atoms with E-state index in [1.165, 1.54) is 19.3 Å². The summed E-state index contributed by atoms with van der Waals surface area (Å²) in [6.45, 7) is 2.25. The van der Waals surface area contributed by atoms with Crippen molar-refractivity contribution in [1.29, 1.82) is 0 Å². The second-order valence-corrected chi connectivity index (χ2v) is 6.28. The number of hydrogen-bond acceptors (Lipinski definition) is 4. The number of rotatable bonds is 4. The topological polar surface area (TPSA) is 50.7 Å². The highest BCUT2D eigenvalue weighted by Crippen LogP contribution is 2.32. The summed E-state index contributed by atoms with van der Waals surface area (Å²) in [4.78, 5) is 13.7. The predicted molar refractivity (Wildman–Crippen MR) is 93.2 cm³/mol. The van der Waals surface area contributed by atoms with E-state index in [0.717, 1.165) is 34.0 Å². The van der Waals surface area contributed by atoms with Gasteiger partial charge in [-0.25, -0.2) is 9.97 Å². The highest BCUT2D eigenvalue weighted by molar-refractivity contribution is 5.90. The maximum atomic E-state index is 4.79. The molecule has 0 bridgehead atoms. The molecule has 1 aliphatic rings. The number of hydrogen-bond donors (Lipinski definition) is 1. The van der Waals surface area contributed by atoms with Crippen molar-refractivity contribution in [1.82, 2.24) is 15.0 Å². The molecule has 4 heteroatoms. The fourth-order valence-corrected chi connectivity index (χ4v) is 3.08. The van der Waals surface area contributed by atoms with Crippen LogP contribution in [0.2, 0.25) is 0 Å². The van der Waals surface area contributed by atoms with Crippen molar-refractivity contribution >= 4 is 16.7 Å². The third-order valence-corrected chi connectivity index (χ3v) is 4.74. The fraction of sp³-hybridized carbons (Fsp3) is 0.316. The maximum absolute atomic E-state index is 4.79. The van der Waals surface area contributed by atoms with Crippen LogP contribution < -0.4 is 5.32 Å². The van der Waals surface area contributed by atoms with Gasteiger partial charge in [-0.15, -0.1) is 0 Å². The average molecular weight is 304 g/mol. The molecule has 4 nitrogen and oxygen atoms in total. The van der Waals surface area contributed by atoms with E-state index < -0.39 is 0 Å². The number of fused-ring (bicyclic) bond motifs is 1. The van der Waals surface area contributed by atoms with Gasteiger partial charge in [0.15, 0.2) is 5.82 Å². The molecule has 1 fully saturated rings. The largest absolute Gasteiger partial charge is 0.367 e. The van der Waals surface area contributed by atoms with Gasteiger partial charge in [-0.2, -0.15) is 0 Å². The third-order valence-electron chi connectivity index (χ3n) is 4.74. The van der Waals surface area contributed by atoms with Crippen molar-refractivity contribution in [3.8, 4) is 11.4 Å². The molecule has 1 aromatic carbocycles. The maximum Gasteiger partial charge on any atom is 0.163 e. The van der Waals surface area contributed by atoms with Gasteiger partial charge >= 0.3 is 0 Å². The number of nitrogens with zero attached hydrogens (tertiary/aromatic N) is 3. The highest BCUT2D eigenvalue weighted by Gasteiger charge is 2.24. The Balaban J connectivity index is 1.77. The first-order chi connectivity index (χ1) is 11.3. The van der Waals surface area contributed by atoms with Crippen molar-refractivity contribution in [3.63, 3.8) is 0 Å². The van der Waals surface area contributed by atoms with E-state index in [0.29, 0.717) is 6.04 Å². The Morgan fingerprint density at radius 2 is 1.96 bits per heavy atom. The van der Waals surface area contributed by atoms with Crippen molar-refractivity contribution in [2.24, 2.45) is 5.92 Å². The molecule has 0 saturated heterocycles. The minimum absolute atomic E-state index is 0.434. The van der Waals surface area contributed by atoms with Crippen LogP contribution in [-0.2, 0) is 0 Å². The van der Waals surface area contributed by atoms with Crippen LogP contribution in [0.25, 0.3) is 22.3 Å². The smallest absolute Gasteiger partial charge is 0.163 e. The van der Waals surface area contributed by atoms with E-state index in [1.54, 1.807) is 6.20 Å². The van der Waals surface area contributed by atoms with Crippen LogP contribution in [0.5, 0.6) is 0 Å². The zero-order chi connectivity index (χ0) is 15.6. The summed E-state index contributed by atoms with van der Waals surface area (Å²) in [6, 6.07) is 12.5. The zero-order valence-corrected chi connectivity index (χ0v) is 13.2. The monoisotopic (exact) mass is 304 g/mol. The van der Waals surface area contributed by atoms with Gasteiger partial charge < -0.3 is 5.32 Å². The molecular weight excluding hydrogens is 284 g/mol. The molecule has 1 aliphatic carbocycles.